The van der Waals surface area contributed by atoms with Crippen LogP contribution in [0.2, 0.25) is 0 Å². The molecule has 2 aliphatic rings. The van der Waals surface area contributed by atoms with Gasteiger partial charge in [-0.05, 0) is 22.3 Å². The van der Waals surface area contributed by atoms with Crippen molar-refractivity contribution in [2.75, 3.05) is 51.2 Å². The number of aliphatic hydroxyl groups is 4. The summed E-state index contributed by atoms with van der Waals surface area (Å²) >= 11 is 0. The fourth-order valence-corrected chi connectivity index (χ4v) is 9.16. The van der Waals surface area contributed by atoms with Crippen molar-refractivity contribution in [3.05, 3.63) is 168 Å². The second-order valence-corrected chi connectivity index (χ2v) is 17.4. The van der Waals surface area contributed by atoms with Crippen LogP contribution in [0.15, 0.2) is 134 Å². The van der Waals surface area contributed by atoms with Crippen LogP contribution in [0.1, 0.15) is 58.2 Å². The Kier molecular flexibility index (Phi) is 15.8. The van der Waals surface area contributed by atoms with Gasteiger partial charge in [-0.25, -0.2) is 19.9 Å². The van der Waals surface area contributed by atoms with Crippen LogP contribution in [0.5, 0.6) is 0 Å². The maximum absolute atomic E-state index is 10.6. The number of hydrogen-bond donors (Lipinski definition) is 7. The quantitative estimate of drug-likeness (QED) is 0.0679. The van der Waals surface area contributed by atoms with Gasteiger partial charge in [-0.1, -0.05) is 121 Å². The van der Waals surface area contributed by atoms with Crippen LogP contribution in [0, 0.1) is 11.3 Å². The van der Waals surface area contributed by atoms with Gasteiger partial charge in [0, 0.05) is 39.1 Å². The van der Waals surface area contributed by atoms with E-state index in [0.717, 1.165) is 11.1 Å². The minimum atomic E-state index is -1.22. The Bertz CT molecular complexity index is 2980. The zero-order chi connectivity index (χ0) is 50.1. The van der Waals surface area contributed by atoms with Crippen LogP contribution in [0.3, 0.4) is 0 Å². The first kappa shape index (κ1) is 49.7. The Morgan fingerprint density at radius 2 is 0.972 bits per heavy atom. The van der Waals surface area contributed by atoms with Crippen molar-refractivity contribution in [1.29, 1.82) is 5.26 Å². The maximum atomic E-state index is 10.6. The fraction of sp³-hybridized carbons (Fsp3) is 0.327. The average Bonchev–Trinajstić information content (AvgIpc) is 4.19. The minimum absolute atomic E-state index is 0.0231. The van der Waals surface area contributed by atoms with Crippen molar-refractivity contribution in [1.82, 2.24) is 39.0 Å². The van der Waals surface area contributed by atoms with Gasteiger partial charge in [-0.15, -0.1) is 0 Å². The first-order valence-electron chi connectivity index (χ1n) is 23.5. The van der Waals surface area contributed by atoms with Gasteiger partial charge in [0.1, 0.15) is 48.5 Å². The van der Waals surface area contributed by atoms with E-state index in [2.05, 4.69) is 89.1 Å². The van der Waals surface area contributed by atoms with Crippen molar-refractivity contribution in [3.63, 3.8) is 0 Å². The number of imidazole rings is 2. The predicted octanol–water partition coefficient (Wildman–Crippen LogP) is 4.00. The van der Waals surface area contributed by atoms with Gasteiger partial charge in [-0.2, -0.15) is 15.2 Å². The van der Waals surface area contributed by atoms with E-state index < -0.39 is 49.1 Å². The normalized spacial score (nSPS) is 21.8. The van der Waals surface area contributed by atoms with Crippen molar-refractivity contribution in [3.8, 4) is 6.07 Å². The van der Waals surface area contributed by atoms with Crippen LogP contribution < -0.4 is 16.4 Å². The summed E-state index contributed by atoms with van der Waals surface area (Å²) in [4.78, 5) is 26.8. The number of nitrogens with zero attached hydrogens (tertiary/aromatic N) is 9. The predicted molar refractivity (Wildman–Crippen MR) is 265 cm³/mol. The molecular weight excluding hydrogens is 921 g/mol. The fourth-order valence-electron chi connectivity index (χ4n) is 9.16. The summed E-state index contributed by atoms with van der Waals surface area (Å²) in [7, 11) is 3.00. The first-order valence-corrected chi connectivity index (χ1v) is 23.5. The van der Waals surface area contributed by atoms with E-state index in [9.17, 15) is 25.7 Å². The number of nitriles is 1. The number of benzene rings is 4. The highest BCUT2D eigenvalue weighted by Gasteiger charge is 2.45. The summed E-state index contributed by atoms with van der Waals surface area (Å²) in [5.41, 5.74) is 12.2. The molecule has 4 aromatic heterocycles. The molecule has 8 atom stereocenters. The molecule has 0 spiro atoms. The van der Waals surface area contributed by atoms with Crippen molar-refractivity contribution >= 4 is 34.0 Å². The summed E-state index contributed by atoms with van der Waals surface area (Å²) < 4.78 is 25.0. The van der Waals surface area contributed by atoms with Gasteiger partial charge in [0.25, 0.3) is 0 Å². The van der Waals surface area contributed by atoms with E-state index in [0.29, 0.717) is 52.9 Å². The zero-order valence-electron chi connectivity index (χ0n) is 39.5. The summed E-state index contributed by atoms with van der Waals surface area (Å²) in [6.45, 7) is 1.45. The van der Waals surface area contributed by atoms with Gasteiger partial charge in [0.15, 0.2) is 46.4 Å². The van der Waals surface area contributed by atoms with Crippen LogP contribution in [-0.4, -0.2) is 137 Å². The Morgan fingerprint density at radius 1 is 0.583 bits per heavy atom. The summed E-state index contributed by atoms with van der Waals surface area (Å²) in [6.07, 6.45) is -4.83. The van der Waals surface area contributed by atoms with E-state index >= 15 is 0 Å². The van der Waals surface area contributed by atoms with Crippen molar-refractivity contribution in [2.24, 2.45) is 5.73 Å². The molecule has 2 fully saturated rings. The number of anilines is 2. The third-order valence-electron chi connectivity index (χ3n) is 12.8. The van der Waals surface area contributed by atoms with E-state index in [1.54, 1.807) is 4.57 Å². The number of fused-ring (bicyclic) bond motifs is 2. The Hall–Kier alpha value is -7.29. The SMILES string of the molecule is COC[C@H]1O[C@@H](n2cnc3c(NCC(c4ccccc4)c4ccccc4)nc(C#N)nc32)[C@H](O)[C@@H]1O.COC[C@H]1O[C@@H](n2cnc3c(NCC(c4ccccc4)c4ccccc4)nc(CN)nc32)[C@H](O)[C@@H]1O. The van der Waals surface area contributed by atoms with E-state index in [4.69, 9.17) is 24.7 Å². The third-order valence-corrected chi connectivity index (χ3v) is 12.8. The molecule has 0 bridgehead atoms. The molecule has 0 unspecified atom stereocenters. The molecule has 4 aromatic carbocycles. The minimum Gasteiger partial charge on any atom is -0.387 e. The first-order chi connectivity index (χ1) is 35.2. The molecule has 0 saturated carbocycles. The summed E-state index contributed by atoms with van der Waals surface area (Å²) in [5, 5.41) is 58.4. The number of aromatic nitrogens is 8. The molecule has 20 nitrogen and oxygen atoms in total. The van der Waals surface area contributed by atoms with Crippen LogP contribution in [-0.2, 0) is 25.5 Å². The second-order valence-electron chi connectivity index (χ2n) is 17.4. The largest absolute Gasteiger partial charge is 0.387 e. The van der Waals surface area contributed by atoms with Gasteiger partial charge in [0.2, 0.25) is 5.82 Å². The molecule has 72 heavy (non-hydrogen) atoms. The van der Waals surface area contributed by atoms with Crippen LogP contribution in [0.25, 0.3) is 22.3 Å². The number of aliphatic hydroxyl groups excluding tert-OH is 4. The zero-order valence-corrected chi connectivity index (χ0v) is 39.5. The van der Waals surface area contributed by atoms with Crippen molar-refractivity contribution < 1.29 is 39.4 Å². The average molecular weight is 977 g/mol. The lowest BCUT2D eigenvalue weighted by Gasteiger charge is -2.20. The molecule has 6 heterocycles. The molecule has 10 rings (SSSR count). The second kappa shape index (κ2) is 22.9. The van der Waals surface area contributed by atoms with Gasteiger partial charge >= 0.3 is 0 Å². The molecule has 8 aromatic rings. The molecule has 20 heteroatoms. The summed E-state index contributed by atoms with van der Waals surface area (Å²) in [5.74, 6) is 1.40. The Labute approximate surface area is 414 Å². The van der Waals surface area contributed by atoms with E-state index in [-0.39, 0.29) is 37.4 Å². The van der Waals surface area contributed by atoms with Crippen LogP contribution >= 0.6 is 0 Å². The molecule has 2 aliphatic heterocycles. The van der Waals surface area contributed by atoms with Gasteiger partial charge in [-0.3, -0.25) is 9.13 Å². The topological polar surface area (TPSA) is 279 Å². The molecular formula is C52H56N12O8. The van der Waals surface area contributed by atoms with Gasteiger partial charge < -0.3 is 55.7 Å². The van der Waals surface area contributed by atoms with E-state index in [1.165, 1.54) is 42.6 Å². The number of hydrogen-bond acceptors (Lipinski definition) is 18. The lowest BCUT2D eigenvalue weighted by Crippen LogP contribution is -2.33. The monoisotopic (exact) mass is 976 g/mol. The number of nitrogens with one attached hydrogen (secondary N) is 2. The molecule has 0 aliphatic carbocycles. The molecule has 0 radical (unpaired) electrons. The molecule has 0 amide bonds. The van der Waals surface area contributed by atoms with Crippen LogP contribution in [0.4, 0.5) is 11.6 Å². The Balaban J connectivity index is 0.000000178. The highest BCUT2D eigenvalue weighted by Crippen LogP contribution is 2.35. The molecule has 2 saturated heterocycles. The lowest BCUT2D eigenvalue weighted by atomic mass is 9.91. The lowest BCUT2D eigenvalue weighted by molar-refractivity contribution is -0.0580. The molecule has 372 valence electrons. The number of rotatable bonds is 17. The number of methoxy groups -OCH3 is 2. The highest BCUT2D eigenvalue weighted by molar-refractivity contribution is 5.84. The Morgan fingerprint density at radius 3 is 1.35 bits per heavy atom. The highest BCUT2D eigenvalue weighted by atomic mass is 16.6. The number of ether oxygens (including phenoxy) is 4. The summed E-state index contributed by atoms with van der Waals surface area (Å²) in [6, 6.07) is 42.8. The van der Waals surface area contributed by atoms with Crippen molar-refractivity contribution in [2.45, 2.75) is 67.5 Å². The van der Waals surface area contributed by atoms with Gasteiger partial charge in [0.05, 0.1) is 32.4 Å². The standard InChI is InChI=1S/C26H30N6O4.C26H26N6O4/c2*1-35-14-19-22(33)23(34)26(36-19)32-15-29-21-24(30-20(12-27)31-25(21)32)28-13-18(16-8-4-2-5-9-16)17-10-6-3-7-11-17/h2-11,15,18-19,22-23,26,33-34H,12-14,27H2,1H3,(H,28,30,31);2-11,15,18-19,22-23,26,33-34H,13-14H2,1H3,(H,28,30,31)/t2*19-,22-,23-,26-/m11/s1. The van der Waals surface area contributed by atoms with E-state index in [1.807, 2.05) is 78.9 Å². The molecule has 8 N–H and O–H groups in total. The smallest absolute Gasteiger partial charge is 0.236 e. The third kappa shape index (κ3) is 10.5. The maximum Gasteiger partial charge on any atom is 0.236 e. The number of nitrogens with two attached hydrogens (primary N) is 1.